The molecule has 0 atom stereocenters. The Balaban J connectivity index is 1.85. The van der Waals surface area contributed by atoms with Crippen LogP contribution in [0.1, 0.15) is 20.8 Å². The third-order valence-electron chi connectivity index (χ3n) is 6.40. The highest BCUT2D eigenvalue weighted by atomic mass is 16.2. The molecule has 0 fully saturated rings. The van der Waals surface area contributed by atoms with Crippen LogP contribution in [0.3, 0.4) is 0 Å². The lowest BCUT2D eigenvalue weighted by atomic mass is 10.0. The summed E-state index contributed by atoms with van der Waals surface area (Å²) in [6.45, 7) is 2.51. The third kappa shape index (κ3) is 3.57. The Morgan fingerprint density at radius 1 is 0.765 bits per heavy atom. The second-order valence-electron chi connectivity index (χ2n) is 9.31. The van der Waals surface area contributed by atoms with Crippen LogP contribution in [0.5, 0.6) is 0 Å². The average Bonchev–Trinajstić information content (AvgIpc) is 3.28. The largest absolute Gasteiger partial charge is 0.337 e. The lowest BCUT2D eigenvalue weighted by Gasteiger charge is -2.16. The molecule has 1 aliphatic rings. The van der Waals surface area contributed by atoms with E-state index in [4.69, 9.17) is 4.98 Å². The molecule has 0 saturated heterocycles. The zero-order valence-corrected chi connectivity index (χ0v) is 20.1. The average molecular weight is 456 g/mol. The summed E-state index contributed by atoms with van der Waals surface area (Å²) in [6.07, 6.45) is 0. The van der Waals surface area contributed by atoms with Gasteiger partial charge in [0.15, 0.2) is 0 Å². The van der Waals surface area contributed by atoms with E-state index < -0.39 is 0 Å². The summed E-state index contributed by atoms with van der Waals surface area (Å²) in [7, 11) is 7.96. The van der Waals surface area contributed by atoms with Crippen molar-refractivity contribution in [1.82, 2.24) is 24.3 Å². The maximum absolute atomic E-state index is 13.6. The summed E-state index contributed by atoms with van der Waals surface area (Å²) in [4.78, 5) is 37.4. The molecule has 0 spiro atoms. The van der Waals surface area contributed by atoms with Crippen molar-refractivity contribution in [3.8, 4) is 11.3 Å². The Bertz CT molecular complexity index is 1410. The van der Waals surface area contributed by atoms with Gasteiger partial charge in [0.05, 0.1) is 16.8 Å². The minimum Gasteiger partial charge on any atom is -0.337 e. The van der Waals surface area contributed by atoms with Crippen molar-refractivity contribution in [3.63, 3.8) is 0 Å². The number of likely N-dealkylation sites (N-methyl/N-ethyl adjacent to an activating group) is 2. The van der Waals surface area contributed by atoms with Gasteiger partial charge < -0.3 is 14.4 Å². The molecule has 1 aliphatic heterocycles. The topological polar surface area (TPSA) is 61.7 Å². The van der Waals surface area contributed by atoms with Crippen molar-refractivity contribution in [1.29, 1.82) is 0 Å². The molecule has 7 heteroatoms. The number of hydrogen-bond acceptors (Lipinski definition) is 5. The van der Waals surface area contributed by atoms with Crippen molar-refractivity contribution >= 4 is 33.6 Å². The highest BCUT2D eigenvalue weighted by Crippen LogP contribution is 2.40. The molecule has 0 aliphatic carbocycles. The van der Waals surface area contributed by atoms with Crippen molar-refractivity contribution in [2.24, 2.45) is 0 Å². The normalized spacial score (nSPS) is 13.8. The molecule has 0 saturated carbocycles. The number of fused-ring (bicyclic) bond motifs is 5. The molecule has 2 aromatic carbocycles. The Labute approximate surface area is 199 Å². The van der Waals surface area contributed by atoms with E-state index in [0.717, 1.165) is 46.2 Å². The molecule has 0 radical (unpaired) electrons. The van der Waals surface area contributed by atoms with Crippen LogP contribution < -0.4 is 0 Å². The van der Waals surface area contributed by atoms with Gasteiger partial charge in [0.25, 0.3) is 11.8 Å². The van der Waals surface area contributed by atoms with Gasteiger partial charge in [-0.3, -0.25) is 14.5 Å². The minimum absolute atomic E-state index is 0.255. The van der Waals surface area contributed by atoms with E-state index in [9.17, 15) is 9.59 Å². The fraction of sp³-hybridized carbons (Fsp3) is 0.296. The van der Waals surface area contributed by atoms with Gasteiger partial charge in [-0.05, 0) is 34.3 Å². The second kappa shape index (κ2) is 8.66. The number of nitrogens with zero attached hydrogens (tertiary/aromatic N) is 5. The Morgan fingerprint density at radius 3 is 2.12 bits per heavy atom. The van der Waals surface area contributed by atoms with E-state index in [1.165, 1.54) is 4.90 Å². The number of imide groups is 1. The number of rotatable bonds is 7. The summed E-state index contributed by atoms with van der Waals surface area (Å²) in [5.41, 5.74) is 4.29. The molecule has 3 heterocycles. The van der Waals surface area contributed by atoms with Gasteiger partial charge in [-0.1, -0.05) is 48.5 Å². The van der Waals surface area contributed by atoms with Crippen LogP contribution in [0.4, 0.5) is 0 Å². The molecule has 0 unspecified atom stereocenters. The quantitative estimate of drug-likeness (QED) is 0.399. The van der Waals surface area contributed by atoms with E-state index >= 15 is 0 Å². The highest BCUT2D eigenvalue weighted by molar-refractivity contribution is 6.30. The molecule has 34 heavy (non-hydrogen) atoms. The maximum atomic E-state index is 13.6. The lowest BCUT2D eigenvalue weighted by molar-refractivity contribution is 0.0643. The van der Waals surface area contributed by atoms with Gasteiger partial charge in [-0.2, -0.15) is 0 Å². The summed E-state index contributed by atoms with van der Waals surface area (Å²) < 4.78 is 2.25. The van der Waals surface area contributed by atoms with E-state index in [0.29, 0.717) is 18.7 Å². The van der Waals surface area contributed by atoms with Crippen LogP contribution in [0.2, 0.25) is 0 Å². The Hall–Kier alpha value is -3.55. The summed E-state index contributed by atoms with van der Waals surface area (Å²) in [5.74, 6) is -0.569. The van der Waals surface area contributed by atoms with Crippen LogP contribution in [0, 0.1) is 0 Å². The van der Waals surface area contributed by atoms with Crippen LogP contribution in [-0.2, 0) is 6.54 Å². The molecule has 5 rings (SSSR count). The second-order valence-corrected chi connectivity index (χ2v) is 9.31. The van der Waals surface area contributed by atoms with Gasteiger partial charge in [-0.25, -0.2) is 4.98 Å². The molecule has 2 amide bonds. The van der Waals surface area contributed by atoms with Crippen LogP contribution >= 0.6 is 0 Å². The zero-order chi connectivity index (χ0) is 24.0. The first kappa shape index (κ1) is 22.3. The first-order valence-electron chi connectivity index (χ1n) is 11.5. The molecular weight excluding hydrogens is 426 g/mol. The number of carbonyl (C=O) groups is 2. The highest BCUT2D eigenvalue weighted by Gasteiger charge is 2.40. The van der Waals surface area contributed by atoms with Crippen molar-refractivity contribution in [2.75, 3.05) is 47.8 Å². The molecule has 4 aromatic rings. The van der Waals surface area contributed by atoms with E-state index in [1.54, 1.807) is 0 Å². The smallest absolute Gasteiger partial charge is 0.280 e. The van der Waals surface area contributed by atoms with E-state index in [-0.39, 0.29) is 17.5 Å². The van der Waals surface area contributed by atoms with Crippen LogP contribution in [-0.4, -0.2) is 83.9 Å². The molecule has 7 nitrogen and oxygen atoms in total. The first-order valence-corrected chi connectivity index (χ1v) is 11.5. The predicted octanol–water partition coefficient (Wildman–Crippen LogP) is 3.58. The Kier molecular flexibility index (Phi) is 5.67. The third-order valence-corrected chi connectivity index (χ3v) is 6.40. The predicted molar refractivity (Wildman–Crippen MR) is 135 cm³/mol. The van der Waals surface area contributed by atoms with Gasteiger partial charge in [-0.15, -0.1) is 0 Å². The monoisotopic (exact) mass is 455 g/mol. The van der Waals surface area contributed by atoms with Crippen molar-refractivity contribution < 1.29 is 9.59 Å². The Morgan fingerprint density at radius 2 is 1.41 bits per heavy atom. The number of amides is 2. The van der Waals surface area contributed by atoms with Crippen molar-refractivity contribution in [3.05, 3.63) is 65.9 Å². The van der Waals surface area contributed by atoms with Gasteiger partial charge in [0.1, 0.15) is 5.69 Å². The summed E-state index contributed by atoms with van der Waals surface area (Å²) >= 11 is 0. The molecule has 0 bridgehead atoms. The fourth-order valence-corrected chi connectivity index (χ4v) is 4.69. The van der Waals surface area contributed by atoms with E-state index in [1.807, 2.05) is 81.6 Å². The van der Waals surface area contributed by atoms with Gasteiger partial charge in [0.2, 0.25) is 0 Å². The number of carbonyl (C=O) groups excluding carboxylic acids is 2. The zero-order valence-electron chi connectivity index (χ0n) is 20.1. The number of pyridine rings is 1. The van der Waals surface area contributed by atoms with Crippen LogP contribution in [0.15, 0.2) is 54.6 Å². The van der Waals surface area contributed by atoms with Crippen LogP contribution in [0.25, 0.3) is 33.1 Å². The summed E-state index contributed by atoms with van der Waals surface area (Å²) in [6, 6.07) is 18.0. The molecule has 174 valence electrons. The first-order chi connectivity index (χ1) is 16.4. The molecule has 2 aromatic heterocycles. The SMILES string of the molecule is CN(C)CCN1C(=O)c2nc(-c3ccccc3)c3c(c2C1=O)c1ccccc1n3CCN(C)C. The molecule has 0 N–H and O–H groups in total. The fourth-order valence-electron chi connectivity index (χ4n) is 4.69. The summed E-state index contributed by atoms with van der Waals surface area (Å²) in [5, 5.41) is 1.80. The van der Waals surface area contributed by atoms with Gasteiger partial charge >= 0.3 is 0 Å². The number of benzene rings is 2. The maximum Gasteiger partial charge on any atom is 0.280 e. The standard InChI is InChI=1S/C27H29N5O2/c1-29(2)14-16-31-20-13-9-8-12-19(20)21-22-24(27(34)32(26(22)33)17-15-30(3)4)28-23(25(21)31)18-10-6-5-7-11-18/h5-13H,14-17H2,1-4H3. The lowest BCUT2D eigenvalue weighted by Crippen LogP contribution is -2.36. The minimum atomic E-state index is -0.314. The number of aromatic nitrogens is 2. The van der Waals surface area contributed by atoms with Crippen molar-refractivity contribution in [2.45, 2.75) is 6.54 Å². The number of para-hydroxylation sites is 1. The molecular formula is C27H29N5O2. The van der Waals surface area contributed by atoms with Gasteiger partial charge in [0, 0.05) is 48.0 Å². The van der Waals surface area contributed by atoms with E-state index in [2.05, 4.69) is 15.5 Å². The number of hydrogen-bond donors (Lipinski definition) is 0.